The molecule has 0 fully saturated rings. The number of benzene rings is 6. The summed E-state index contributed by atoms with van der Waals surface area (Å²) in [4.78, 5) is 13.5. The van der Waals surface area contributed by atoms with Gasteiger partial charge in [-0.1, -0.05) is 203 Å². The first-order valence-corrected chi connectivity index (χ1v) is 22.7. The maximum absolute atomic E-state index is 13.5. The lowest BCUT2D eigenvalue weighted by atomic mass is 9.76. The highest BCUT2D eigenvalue weighted by Crippen LogP contribution is 2.41. The molecule has 0 heterocycles. The predicted molar refractivity (Wildman–Crippen MR) is 242 cm³/mol. The lowest BCUT2D eigenvalue weighted by Gasteiger charge is -2.45. The third-order valence-electron chi connectivity index (χ3n) is 11.1. The summed E-state index contributed by atoms with van der Waals surface area (Å²) in [5.41, 5.74) is 3.52. The zero-order valence-electron chi connectivity index (χ0n) is 35.5. The van der Waals surface area contributed by atoms with E-state index in [2.05, 4.69) is 69.3 Å². The molecule has 318 valence electrons. The Morgan fingerprint density at radius 2 is 0.951 bits per heavy atom. The molecule has 0 radical (unpaired) electrons. The Labute approximate surface area is 362 Å². The lowest BCUT2D eigenvalue weighted by molar-refractivity contribution is -0.170. The summed E-state index contributed by atoms with van der Waals surface area (Å²) in [6.45, 7) is 7.24. The summed E-state index contributed by atoms with van der Waals surface area (Å²) in [7, 11) is -1.84. The molecule has 0 bridgehead atoms. The van der Waals surface area contributed by atoms with E-state index in [0.29, 0.717) is 18.8 Å². The maximum Gasteiger partial charge on any atom is 0.335 e. The second kappa shape index (κ2) is 22.6. The van der Waals surface area contributed by atoms with Crippen molar-refractivity contribution in [3.63, 3.8) is 0 Å². The van der Waals surface area contributed by atoms with Crippen LogP contribution in [0.5, 0.6) is 0 Å². The van der Waals surface area contributed by atoms with Gasteiger partial charge in [0.25, 0.3) is 8.32 Å². The van der Waals surface area contributed by atoms with E-state index < -0.39 is 44.4 Å². The van der Waals surface area contributed by atoms with Crippen molar-refractivity contribution >= 4 is 24.7 Å². The summed E-state index contributed by atoms with van der Waals surface area (Å²) < 4.78 is 39.0. The molecule has 61 heavy (non-hydrogen) atoms. The largest absolute Gasteiger partial charge is 0.467 e. The van der Waals surface area contributed by atoms with Gasteiger partial charge >= 0.3 is 5.97 Å². The molecule has 0 aliphatic rings. The summed E-state index contributed by atoms with van der Waals surface area (Å²) in [6, 6.07) is 60.0. The van der Waals surface area contributed by atoms with Crippen LogP contribution in [0.15, 0.2) is 182 Å². The van der Waals surface area contributed by atoms with Gasteiger partial charge in [0.1, 0.15) is 13.6 Å². The molecule has 6 aromatic carbocycles. The Balaban J connectivity index is 1.48. The van der Waals surface area contributed by atoms with Gasteiger partial charge in [0.05, 0.1) is 39.1 Å². The second-order valence-electron chi connectivity index (χ2n) is 16.1. The van der Waals surface area contributed by atoms with Gasteiger partial charge in [-0.05, 0) is 37.7 Å². The minimum Gasteiger partial charge on any atom is -0.467 e. The number of ether oxygens (including phenoxy) is 5. The number of carbonyl (C=O) groups excluding carboxylic acids is 1. The molecule has 1 N–H and O–H groups in total. The van der Waals surface area contributed by atoms with Gasteiger partial charge in [-0.3, -0.25) is 0 Å². The van der Waals surface area contributed by atoms with Crippen LogP contribution in [0.1, 0.15) is 54.9 Å². The van der Waals surface area contributed by atoms with E-state index in [1.165, 1.54) is 7.11 Å². The van der Waals surface area contributed by atoms with Crippen molar-refractivity contribution in [2.24, 2.45) is 0 Å². The first-order chi connectivity index (χ1) is 29.7. The Hall–Kier alpha value is -5.23. The van der Waals surface area contributed by atoms with Crippen LogP contribution in [0.3, 0.4) is 0 Å². The molecule has 5 atom stereocenters. The fourth-order valence-electron chi connectivity index (χ4n) is 8.17. The third-order valence-corrected chi connectivity index (χ3v) is 16.1. The first kappa shape index (κ1) is 45.3. The van der Waals surface area contributed by atoms with E-state index in [0.717, 1.165) is 27.1 Å². The van der Waals surface area contributed by atoms with Crippen molar-refractivity contribution in [3.05, 3.63) is 204 Å². The highest BCUT2D eigenvalue weighted by molar-refractivity contribution is 6.99. The smallest absolute Gasteiger partial charge is 0.335 e. The van der Waals surface area contributed by atoms with Gasteiger partial charge in [0.15, 0.2) is 6.10 Å². The molecule has 0 aromatic heterocycles. The van der Waals surface area contributed by atoms with Crippen LogP contribution >= 0.6 is 0 Å². The molecule has 0 saturated heterocycles. The van der Waals surface area contributed by atoms with Gasteiger partial charge in [0.2, 0.25) is 0 Å². The van der Waals surface area contributed by atoms with Gasteiger partial charge in [0, 0.05) is 11.8 Å². The van der Waals surface area contributed by atoms with Gasteiger partial charge in [-0.15, -0.1) is 0 Å². The monoisotopic (exact) mass is 838 g/mol. The Morgan fingerprint density at radius 1 is 0.557 bits per heavy atom. The topological polar surface area (TPSA) is 92.7 Å². The average Bonchev–Trinajstić information content (AvgIpc) is 3.30. The average molecular weight is 839 g/mol. The Kier molecular flexibility index (Phi) is 16.8. The van der Waals surface area contributed by atoms with E-state index in [1.807, 2.05) is 133 Å². The standard InChI is InChI=1S/C52H58O8Si/c1-52(2,3)61(44-31-19-9-20-32-44,45-33-21-10-22-34-45)60-37-46(58-38-56-35-40-23-11-5-12-24-40)47(42-27-15-7-16-28-42)50(59-39-57-36-41-25-13-6-14-26-41)48(49(53)51(54)55-4)43-29-17-8-18-30-43/h5-34,46-50,53H,35-39H2,1-4H3/t46-,47-,48-,49-,50+/m1/s1. The number of hydrogen-bond acceptors (Lipinski definition) is 8. The molecule has 6 aromatic rings. The number of aliphatic hydroxyl groups is 1. The summed E-state index contributed by atoms with van der Waals surface area (Å²) in [5, 5.41) is 13.9. The fraction of sp³-hybridized carbons (Fsp3) is 0.288. The molecule has 0 unspecified atom stereocenters. The lowest BCUT2D eigenvalue weighted by Crippen LogP contribution is -2.67. The van der Waals surface area contributed by atoms with Gasteiger partial charge in [-0.2, -0.15) is 0 Å². The maximum atomic E-state index is 13.5. The highest BCUT2D eigenvalue weighted by atomic mass is 28.4. The zero-order chi connectivity index (χ0) is 42.9. The zero-order valence-corrected chi connectivity index (χ0v) is 36.5. The second-order valence-corrected chi connectivity index (χ2v) is 20.4. The van der Waals surface area contributed by atoms with E-state index in [-0.39, 0.29) is 25.2 Å². The van der Waals surface area contributed by atoms with Crippen molar-refractivity contribution in [3.8, 4) is 0 Å². The number of carbonyl (C=O) groups is 1. The summed E-state index contributed by atoms with van der Waals surface area (Å²) in [6.07, 6.45) is -3.27. The molecule has 0 spiro atoms. The van der Waals surface area contributed by atoms with Crippen LogP contribution in [-0.2, 0) is 46.1 Å². The van der Waals surface area contributed by atoms with Crippen LogP contribution in [0.2, 0.25) is 5.04 Å². The van der Waals surface area contributed by atoms with Gasteiger partial charge in [-0.25, -0.2) is 4.79 Å². The van der Waals surface area contributed by atoms with Crippen LogP contribution in [-0.4, -0.2) is 65.0 Å². The van der Waals surface area contributed by atoms with E-state index in [4.69, 9.17) is 28.1 Å². The molecule has 9 heteroatoms. The van der Waals surface area contributed by atoms with Crippen molar-refractivity contribution in [2.75, 3.05) is 27.3 Å². The van der Waals surface area contributed by atoms with E-state index in [1.54, 1.807) is 0 Å². The minimum absolute atomic E-state index is 0.0697. The van der Waals surface area contributed by atoms with Crippen molar-refractivity contribution in [2.45, 2.75) is 69.2 Å². The quantitative estimate of drug-likeness (QED) is 0.0314. The van der Waals surface area contributed by atoms with Crippen LogP contribution in [0, 0.1) is 0 Å². The van der Waals surface area contributed by atoms with Crippen LogP contribution in [0.4, 0.5) is 0 Å². The number of esters is 1. The third kappa shape index (κ3) is 11.8. The molecular formula is C52H58O8Si. The SMILES string of the molecule is COC(=O)[C@H](O)[C@@H](c1ccccc1)[C@@H](OCOCc1ccccc1)[C@H](c1ccccc1)[C@@H](CO[Si](c1ccccc1)(c1ccccc1)C(C)(C)C)OCOCc1ccccc1. The minimum atomic E-state index is -3.11. The van der Waals surface area contributed by atoms with Crippen molar-refractivity contribution < 1.29 is 38.0 Å². The summed E-state index contributed by atoms with van der Waals surface area (Å²) >= 11 is 0. The van der Waals surface area contributed by atoms with Crippen molar-refractivity contribution in [1.82, 2.24) is 0 Å². The molecule has 0 aliphatic heterocycles. The molecule has 8 nitrogen and oxygen atoms in total. The predicted octanol–water partition coefficient (Wildman–Crippen LogP) is 8.78. The Bertz CT molecular complexity index is 2100. The van der Waals surface area contributed by atoms with E-state index in [9.17, 15) is 9.90 Å². The highest BCUT2D eigenvalue weighted by Gasteiger charge is 2.52. The molecule has 0 aliphatic carbocycles. The van der Waals surface area contributed by atoms with Gasteiger partial charge < -0.3 is 33.2 Å². The van der Waals surface area contributed by atoms with Crippen LogP contribution < -0.4 is 10.4 Å². The normalized spacial score (nSPS) is 14.4. The molecule has 6 rings (SSSR count). The molecule has 0 saturated carbocycles. The number of aliphatic hydroxyl groups excluding tert-OH is 1. The van der Waals surface area contributed by atoms with E-state index >= 15 is 0 Å². The first-order valence-electron chi connectivity index (χ1n) is 20.8. The fourth-order valence-corrected chi connectivity index (χ4v) is 12.7. The number of methoxy groups -OCH3 is 1. The number of hydrogen-bond donors (Lipinski definition) is 1. The number of rotatable bonds is 22. The molecule has 0 amide bonds. The Morgan fingerprint density at radius 3 is 1.38 bits per heavy atom. The van der Waals surface area contributed by atoms with Crippen molar-refractivity contribution in [1.29, 1.82) is 0 Å². The van der Waals surface area contributed by atoms with Crippen LogP contribution in [0.25, 0.3) is 0 Å². The molecular weight excluding hydrogens is 781 g/mol. The summed E-state index contributed by atoms with van der Waals surface area (Å²) in [5.74, 6) is -2.36.